The van der Waals surface area contributed by atoms with Gasteiger partial charge in [0.15, 0.2) is 0 Å². The highest BCUT2D eigenvalue weighted by atomic mass is 16.5. The van der Waals surface area contributed by atoms with Gasteiger partial charge in [-0.3, -0.25) is 14.9 Å². The normalized spacial score (nSPS) is 13.0. The molecule has 0 fully saturated rings. The van der Waals surface area contributed by atoms with Gasteiger partial charge >= 0.3 is 0 Å². The van der Waals surface area contributed by atoms with Crippen molar-refractivity contribution in [3.63, 3.8) is 0 Å². The molecule has 1 aliphatic heterocycles. The number of nitrogens with one attached hydrogen (secondary N) is 2. The molecule has 3 aromatic carbocycles. The monoisotopic (exact) mass is 397 g/mol. The van der Waals surface area contributed by atoms with E-state index in [0.717, 1.165) is 0 Å². The van der Waals surface area contributed by atoms with E-state index in [9.17, 15) is 14.7 Å². The van der Waals surface area contributed by atoms with Crippen LogP contribution in [0.15, 0.2) is 78.5 Å². The van der Waals surface area contributed by atoms with Crippen LogP contribution in [0.4, 0.5) is 5.69 Å². The van der Waals surface area contributed by atoms with E-state index in [-0.39, 0.29) is 17.0 Å². The Bertz CT molecular complexity index is 1220. The number of phenols is 1. The van der Waals surface area contributed by atoms with E-state index < -0.39 is 11.8 Å². The number of rotatable bonds is 5. The number of hydrogen-bond donors (Lipinski definition) is 3. The van der Waals surface area contributed by atoms with Crippen LogP contribution >= 0.6 is 0 Å². The second-order valence-corrected chi connectivity index (χ2v) is 6.44. The lowest BCUT2D eigenvalue weighted by Crippen LogP contribution is -2.24. The highest BCUT2D eigenvalue weighted by molar-refractivity contribution is 6.36. The molecule has 0 saturated carbocycles. The number of benzene rings is 3. The molecule has 0 radical (unpaired) electrons. The molecule has 0 atom stereocenters. The summed E-state index contributed by atoms with van der Waals surface area (Å²) in [5.41, 5.74) is 1.65. The van der Waals surface area contributed by atoms with Crippen LogP contribution in [0.25, 0.3) is 5.57 Å². The van der Waals surface area contributed by atoms with Gasteiger partial charge in [-0.1, -0.05) is 24.3 Å². The van der Waals surface area contributed by atoms with Crippen LogP contribution < -0.4 is 15.4 Å². The van der Waals surface area contributed by atoms with E-state index in [1.54, 1.807) is 60.7 Å². The van der Waals surface area contributed by atoms with Gasteiger partial charge in [0.25, 0.3) is 11.8 Å². The number of carbonyl (C=O) groups is 2. The van der Waals surface area contributed by atoms with E-state index in [4.69, 9.17) is 10.00 Å². The van der Waals surface area contributed by atoms with Gasteiger partial charge in [0.2, 0.25) is 0 Å². The Morgan fingerprint density at radius 3 is 2.43 bits per heavy atom. The molecule has 1 heterocycles. The zero-order chi connectivity index (χ0) is 21.1. The fraction of sp³-hybridized carbons (Fsp3) is 0. The number of hydrogen-bond acceptors (Lipinski definition) is 6. The number of anilines is 1. The first-order chi connectivity index (χ1) is 14.5. The summed E-state index contributed by atoms with van der Waals surface area (Å²) in [6, 6.07) is 21.8. The van der Waals surface area contributed by atoms with Crippen molar-refractivity contribution in [2.45, 2.75) is 0 Å². The zero-order valence-corrected chi connectivity index (χ0v) is 15.5. The summed E-state index contributed by atoms with van der Waals surface area (Å²) in [7, 11) is 0. The number of aromatic hydroxyl groups is 1. The second kappa shape index (κ2) is 7.81. The summed E-state index contributed by atoms with van der Waals surface area (Å²) in [4.78, 5) is 24.5. The lowest BCUT2D eigenvalue weighted by Gasteiger charge is -2.10. The Morgan fingerprint density at radius 1 is 0.933 bits per heavy atom. The molecule has 146 valence electrons. The lowest BCUT2D eigenvalue weighted by atomic mass is 10.0. The van der Waals surface area contributed by atoms with Gasteiger partial charge in [-0.15, -0.1) is 0 Å². The largest absolute Gasteiger partial charge is 0.508 e. The molecule has 3 aromatic rings. The minimum atomic E-state index is -0.554. The Kier molecular flexibility index (Phi) is 4.89. The summed E-state index contributed by atoms with van der Waals surface area (Å²) in [6.07, 6.45) is 0. The molecular weight excluding hydrogens is 382 g/mol. The quantitative estimate of drug-likeness (QED) is 0.568. The molecule has 30 heavy (non-hydrogen) atoms. The number of para-hydroxylation sites is 1. The molecule has 0 spiro atoms. The SMILES string of the molecule is N#Cc1ccccc1Oc1ccc(NC2=C(c3cccc(O)c3)C(=O)NC2=O)cc1. The highest BCUT2D eigenvalue weighted by Gasteiger charge is 2.31. The lowest BCUT2D eigenvalue weighted by molar-refractivity contribution is -0.123. The van der Waals surface area contributed by atoms with Crippen molar-refractivity contribution in [1.29, 1.82) is 5.26 Å². The Balaban J connectivity index is 1.59. The zero-order valence-electron chi connectivity index (χ0n) is 15.5. The van der Waals surface area contributed by atoms with Gasteiger partial charge in [0.05, 0.1) is 11.1 Å². The van der Waals surface area contributed by atoms with Gasteiger partial charge in [-0.2, -0.15) is 5.26 Å². The highest BCUT2D eigenvalue weighted by Crippen LogP contribution is 2.29. The number of nitrogens with zero attached hydrogens (tertiary/aromatic N) is 1. The average Bonchev–Trinajstić information content (AvgIpc) is 3.02. The predicted molar refractivity (Wildman–Crippen MR) is 109 cm³/mol. The summed E-state index contributed by atoms with van der Waals surface area (Å²) in [5.74, 6) is -0.152. The Hall–Kier alpha value is -4.57. The van der Waals surface area contributed by atoms with E-state index in [1.807, 2.05) is 0 Å². The maximum absolute atomic E-state index is 12.3. The molecule has 0 saturated heterocycles. The number of phenolic OH excluding ortho intramolecular Hbond substituents is 1. The van der Waals surface area contributed by atoms with E-state index >= 15 is 0 Å². The van der Waals surface area contributed by atoms with Gasteiger partial charge < -0.3 is 15.2 Å². The van der Waals surface area contributed by atoms with Crippen molar-refractivity contribution in [2.24, 2.45) is 0 Å². The minimum absolute atomic E-state index is 0.00866. The molecule has 4 rings (SSSR count). The third-order valence-electron chi connectivity index (χ3n) is 4.42. The summed E-state index contributed by atoms with van der Waals surface area (Å²) in [6.45, 7) is 0. The predicted octanol–water partition coefficient (Wildman–Crippen LogP) is 3.54. The van der Waals surface area contributed by atoms with E-state index in [2.05, 4.69) is 16.7 Å². The summed E-state index contributed by atoms with van der Waals surface area (Å²) >= 11 is 0. The van der Waals surface area contributed by atoms with Gasteiger partial charge in [-0.25, -0.2) is 0 Å². The molecule has 7 heteroatoms. The topological polar surface area (TPSA) is 111 Å². The number of ether oxygens (including phenoxy) is 1. The molecular formula is C23H15N3O4. The fourth-order valence-electron chi connectivity index (χ4n) is 3.04. The van der Waals surface area contributed by atoms with Crippen molar-refractivity contribution in [2.75, 3.05) is 5.32 Å². The summed E-state index contributed by atoms with van der Waals surface area (Å²) < 4.78 is 5.74. The third-order valence-corrected chi connectivity index (χ3v) is 4.42. The molecule has 0 bridgehead atoms. The van der Waals surface area contributed by atoms with Crippen LogP contribution in [0.3, 0.4) is 0 Å². The first-order valence-electron chi connectivity index (χ1n) is 8.98. The fourth-order valence-corrected chi connectivity index (χ4v) is 3.04. The molecule has 1 aliphatic rings. The Labute approximate surface area is 171 Å². The minimum Gasteiger partial charge on any atom is -0.508 e. The number of carbonyl (C=O) groups excluding carboxylic acids is 2. The van der Waals surface area contributed by atoms with Crippen molar-refractivity contribution in [1.82, 2.24) is 5.32 Å². The molecule has 3 N–H and O–H groups in total. The van der Waals surface area contributed by atoms with E-state index in [0.29, 0.717) is 28.3 Å². The number of nitriles is 1. The molecule has 2 amide bonds. The van der Waals surface area contributed by atoms with Gasteiger partial charge in [0, 0.05) is 5.69 Å². The summed E-state index contributed by atoms with van der Waals surface area (Å²) in [5, 5.41) is 24.1. The standard InChI is InChI=1S/C23H15N3O4/c24-13-15-4-1-2-7-19(15)30-18-10-8-16(9-11-18)25-21-20(22(28)26-23(21)29)14-5-3-6-17(27)12-14/h1-12,27H,(H2,25,26,28,29). The van der Waals surface area contributed by atoms with Crippen molar-refractivity contribution < 1.29 is 19.4 Å². The van der Waals surface area contributed by atoms with Gasteiger partial charge in [0.1, 0.15) is 29.0 Å². The van der Waals surface area contributed by atoms with Crippen molar-refractivity contribution in [3.8, 4) is 23.3 Å². The van der Waals surface area contributed by atoms with Crippen molar-refractivity contribution >= 4 is 23.1 Å². The Morgan fingerprint density at radius 2 is 1.70 bits per heavy atom. The average molecular weight is 397 g/mol. The third kappa shape index (κ3) is 3.70. The number of amides is 2. The maximum atomic E-state index is 12.3. The van der Waals surface area contributed by atoms with Crippen LogP contribution in [0.1, 0.15) is 11.1 Å². The molecule has 0 aliphatic carbocycles. The van der Waals surface area contributed by atoms with Crippen LogP contribution in [-0.4, -0.2) is 16.9 Å². The van der Waals surface area contributed by atoms with Crippen molar-refractivity contribution in [3.05, 3.63) is 89.6 Å². The van der Waals surface area contributed by atoms with Crippen LogP contribution in [0, 0.1) is 11.3 Å². The van der Waals surface area contributed by atoms with Crippen LogP contribution in [-0.2, 0) is 9.59 Å². The molecule has 0 unspecified atom stereocenters. The second-order valence-electron chi connectivity index (χ2n) is 6.44. The van der Waals surface area contributed by atoms with Gasteiger partial charge in [-0.05, 0) is 54.1 Å². The van der Waals surface area contributed by atoms with Crippen LogP contribution in [0.2, 0.25) is 0 Å². The maximum Gasteiger partial charge on any atom is 0.275 e. The first kappa shape index (κ1) is 18.8. The van der Waals surface area contributed by atoms with Crippen LogP contribution in [0.5, 0.6) is 17.2 Å². The number of imide groups is 1. The van der Waals surface area contributed by atoms with E-state index in [1.165, 1.54) is 12.1 Å². The smallest absolute Gasteiger partial charge is 0.275 e. The first-order valence-corrected chi connectivity index (χ1v) is 8.98. The molecule has 7 nitrogen and oxygen atoms in total. The molecule has 0 aromatic heterocycles.